The Kier molecular flexibility index (Phi) is 3.66. The van der Waals surface area contributed by atoms with Crippen LogP contribution in [-0.4, -0.2) is 25.5 Å². The van der Waals surface area contributed by atoms with Gasteiger partial charge in [0.05, 0.1) is 11.3 Å². The van der Waals surface area contributed by atoms with E-state index < -0.39 is 16.0 Å². The monoisotopic (exact) mass is 311 g/mol. The van der Waals surface area contributed by atoms with Gasteiger partial charge in [0.2, 0.25) is 10.0 Å². The first kappa shape index (κ1) is 16.0. The van der Waals surface area contributed by atoms with Gasteiger partial charge in [0.1, 0.15) is 0 Å². The molecule has 1 saturated carbocycles. The van der Waals surface area contributed by atoms with Gasteiger partial charge in [-0.3, -0.25) is 0 Å². The summed E-state index contributed by atoms with van der Waals surface area (Å²) in [6, 6.07) is 5.91. The molecule has 5 nitrogen and oxygen atoms in total. The third kappa shape index (κ3) is 2.96. The number of benzene rings is 1. The van der Waals surface area contributed by atoms with Crippen LogP contribution in [0.25, 0.3) is 0 Å². The van der Waals surface area contributed by atoms with Crippen LogP contribution in [0.5, 0.6) is 0 Å². The van der Waals surface area contributed by atoms with Crippen molar-refractivity contribution in [1.82, 2.24) is 4.72 Å². The normalized spacial score (nSPS) is 20.2. The van der Waals surface area contributed by atoms with E-state index in [-0.39, 0.29) is 28.2 Å². The Morgan fingerprint density at radius 1 is 1.24 bits per heavy atom. The molecule has 21 heavy (non-hydrogen) atoms. The van der Waals surface area contributed by atoms with Crippen LogP contribution in [0, 0.1) is 10.8 Å². The molecule has 0 unspecified atom stereocenters. The summed E-state index contributed by atoms with van der Waals surface area (Å²) in [5.74, 6) is -1.27. The summed E-state index contributed by atoms with van der Waals surface area (Å²) < 4.78 is 27.2. The molecule has 0 aliphatic heterocycles. The Balaban J connectivity index is 2.13. The van der Waals surface area contributed by atoms with Gasteiger partial charge < -0.3 is 5.11 Å². The number of hydrogen-bond acceptors (Lipinski definition) is 3. The molecule has 1 aromatic carbocycles. The maximum absolute atomic E-state index is 12.2. The molecule has 2 N–H and O–H groups in total. The molecule has 0 aromatic heterocycles. The molecule has 1 aliphatic rings. The Bertz CT molecular complexity index is 663. The summed E-state index contributed by atoms with van der Waals surface area (Å²) in [6.45, 7) is 8.13. The number of nitrogens with one attached hydrogen (secondary N) is 1. The standard InChI is InChI=1S/C15H21NO4S/c1-14(2)13(15(14,3)4)16-21(19,20)9-10-6-5-7-11(8-10)12(17)18/h5-8,13,16H,9H2,1-4H3,(H,17,18). The van der Waals surface area contributed by atoms with Gasteiger partial charge in [0, 0.05) is 6.04 Å². The largest absolute Gasteiger partial charge is 0.478 e. The highest BCUT2D eigenvalue weighted by Crippen LogP contribution is 2.62. The number of aromatic carboxylic acids is 1. The molecule has 116 valence electrons. The molecule has 0 amide bonds. The van der Waals surface area contributed by atoms with Crippen molar-refractivity contribution in [3.05, 3.63) is 35.4 Å². The van der Waals surface area contributed by atoms with Crippen LogP contribution in [0.4, 0.5) is 0 Å². The third-order valence-corrected chi connectivity index (χ3v) is 6.16. The zero-order valence-electron chi connectivity index (χ0n) is 12.7. The van der Waals surface area contributed by atoms with Crippen LogP contribution in [0.1, 0.15) is 43.6 Å². The molecule has 0 heterocycles. The average molecular weight is 311 g/mol. The van der Waals surface area contributed by atoms with E-state index in [0.29, 0.717) is 5.56 Å². The zero-order valence-corrected chi connectivity index (χ0v) is 13.5. The highest BCUT2D eigenvalue weighted by molar-refractivity contribution is 7.88. The predicted molar refractivity (Wildman–Crippen MR) is 80.5 cm³/mol. The van der Waals surface area contributed by atoms with Crippen molar-refractivity contribution in [1.29, 1.82) is 0 Å². The van der Waals surface area contributed by atoms with Crippen molar-refractivity contribution in [3.8, 4) is 0 Å². The fourth-order valence-electron chi connectivity index (χ4n) is 2.73. The summed E-state index contributed by atoms with van der Waals surface area (Å²) in [5.41, 5.74) is 0.403. The van der Waals surface area contributed by atoms with E-state index in [1.54, 1.807) is 12.1 Å². The van der Waals surface area contributed by atoms with Crippen molar-refractivity contribution in [2.45, 2.75) is 39.5 Å². The summed E-state index contributed by atoms with van der Waals surface area (Å²) in [5, 5.41) is 8.94. The maximum Gasteiger partial charge on any atom is 0.335 e. The number of carboxylic acids is 1. The van der Waals surface area contributed by atoms with E-state index in [9.17, 15) is 13.2 Å². The van der Waals surface area contributed by atoms with E-state index in [1.165, 1.54) is 12.1 Å². The lowest BCUT2D eigenvalue weighted by Crippen LogP contribution is -2.31. The van der Waals surface area contributed by atoms with Crippen LogP contribution >= 0.6 is 0 Å². The van der Waals surface area contributed by atoms with Crippen LogP contribution in [0.2, 0.25) is 0 Å². The second-order valence-electron chi connectivity index (χ2n) is 6.76. The molecular formula is C15H21NO4S. The summed E-state index contributed by atoms with van der Waals surface area (Å²) >= 11 is 0. The molecule has 6 heteroatoms. The van der Waals surface area contributed by atoms with Crippen LogP contribution < -0.4 is 4.72 Å². The Hall–Kier alpha value is -1.40. The minimum atomic E-state index is -3.50. The highest BCUT2D eigenvalue weighted by Gasteiger charge is 2.65. The van der Waals surface area contributed by atoms with E-state index in [2.05, 4.69) is 4.72 Å². The predicted octanol–water partition coefficient (Wildman–Crippen LogP) is 2.24. The quantitative estimate of drug-likeness (QED) is 0.873. The molecule has 2 rings (SSSR count). The van der Waals surface area contributed by atoms with Crippen LogP contribution in [-0.2, 0) is 15.8 Å². The fourth-order valence-corrected chi connectivity index (χ4v) is 4.38. The van der Waals surface area contributed by atoms with Crippen molar-refractivity contribution in [3.63, 3.8) is 0 Å². The minimum absolute atomic E-state index is 0.0804. The van der Waals surface area contributed by atoms with Crippen molar-refractivity contribution >= 4 is 16.0 Å². The fraction of sp³-hybridized carbons (Fsp3) is 0.533. The number of carboxylic acid groups (broad SMARTS) is 1. The zero-order chi connectivity index (χ0) is 16.1. The van der Waals surface area contributed by atoms with Gasteiger partial charge in [0.25, 0.3) is 0 Å². The molecule has 0 spiro atoms. The van der Waals surface area contributed by atoms with Gasteiger partial charge in [-0.25, -0.2) is 17.9 Å². The van der Waals surface area contributed by atoms with Crippen LogP contribution in [0.15, 0.2) is 24.3 Å². The van der Waals surface area contributed by atoms with E-state index in [4.69, 9.17) is 5.11 Å². The Morgan fingerprint density at radius 2 is 1.81 bits per heavy atom. The third-order valence-electron chi connectivity index (χ3n) is 4.85. The summed E-state index contributed by atoms with van der Waals surface area (Å²) in [4.78, 5) is 10.9. The van der Waals surface area contributed by atoms with Crippen molar-refractivity contribution < 1.29 is 18.3 Å². The minimum Gasteiger partial charge on any atom is -0.478 e. The van der Waals surface area contributed by atoms with Crippen LogP contribution in [0.3, 0.4) is 0 Å². The number of hydrogen-bond donors (Lipinski definition) is 2. The molecule has 0 saturated heterocycles. The number of carbonyl (C=O) groups is 1. The van der Waals surface area contributed by atoms with Gasteiger partial charge >= 0.3 is 5.97 Å². The van der Waals surface area contributed by atoms with E-state index in [1.807, 2.05) is 27.7 Å². The van der Waals surface area contributed by atoms with Crippen molar-refractivity contribution in [2.24, 2.45) is 10.8 Å². The van der Waals surface area contributed by atoms with E-state index in [0.717, 1.165) is 0 Å². The van der Waals surface area contributed by atoms with E-state index >= 15 is 0 Å². The molecule has 1 aliphatic carbocycles. The highest BCUT2D eigenvalue weighted by atomic mass is 32.2. The second-order valence-corrected chi connectivity index (χ2v) is 8.51. The number of sulfonamides is 1. The summed E-state index contributed by atoms with van der Waals surface area (Å²) in [6.07, 6.45) is 0. The van der Waals surface area contributed by atoms with Gasteiger partial charge in [0.15, 0.2) is 0 Å². The first-order chi connectivity index (χ1) is 9.47. The van der Waals surface area contributed by atoms with Crippen molar-refractivity contribution in [2.75, 3.05) is 0 Å². The average Bonchev–Trinajstić information content (AvgIpc) is 2.71. The van der Waals surface area contributed by atoms with Gasteiger partial charge in [-0.15, -0.1) is 0 Å². The van der Waals surface area contributed by atoms with Gasteiger partial charge in [-0.05, 0) is 28.5 Å². The lowest BCUT2D eigenvalue weighted by molar-refractivity contribution is 0.0696. The van der Waals surface area contributed by atoms with Gasteiger partial charge in [-0.1, -0.05) is 39.8 Å². The topological polar surface area (TPSA) is 83.5 Å². The lowest BCUT2D eigenvalue weighted by Gasteiger charge is -2.09. The van der Waals surface area contributed by atoms with Gasteiger partial charge in [-0.2, -0.15) is 0 Å². The molecule has 0 bridgehead atoms. The Morgan fingerprint density at radius 3 is 2.29 bits per heavy atom. The molecular weight excluding hydrogens is 290 g/mol. The molecule has 0 radical (unpaired) electrons. The Labute approximate surface area is 125 Å². The molecule has 1 fully saturated rings. The summed E-state index contributed by atoms with van der Waals surface area (Å²) in [7, 11) is -3.50. The molecule has 1 aromatic rings. The SMILES string of the molecule is CC1(C)C(NS(=O)(=O)Cc2cccc(C(=O)O)c2)C1(C)C. The maximum atomic E-state index is 12.2. The first-order valence-electron chi connectivity index (χ1n) is 6.79. The molecule has 0 atom stereocenters. The number of rotatable bonds is 5. The second kappa shape index (κ2) is 4.81. The first-order valence-corrected chi connectivity index (χ1v) is 8.45. The lowest BCUT2D eigenvalue weighted by atomic mass is 10.0. The smallest absolute Gasteiger partial charge is 0.335 e.